The van der Waals surface area contributed by atoms with E-state index < -0.39 is 5.97 Å². The number of benzene rings is 1. The van der Waals surface area contributed by atoms with Gasteiger partial charge in [0.05, 0.1) is 0 Å². The van der Waals surface area contributed by atoms with Crippen molar-refractivity contribution in [3.05, 3.63) is 34.9 Å². The van der Waals surface area contributed by atoms with Gasteiger partial charge in [0.25, 0.3) is 0 Å². The lowest BCUT2D eigenvalue weighted by molar-refractivity contribution is -0.142. The maximum Gasteiger partial charge on any atom is 0.320 e. The quantitative estimate of drug-likeness (QED) is 0.848. The topological polar surface area (TPSA) is 40.5 Å². The van der Waals surface area contributed by atoms with Gasteiger partial charge in [-0.1, -0.05) is 50.4 Å². The SMILES string of the molecule is CCC(CC)CN1[C@H](C(=O)O)CC[C@H]1c1ccc(Cl)cc1. The fourth-order valence-corrected chi connectivity index (χ4v) is 3.40. The van der Waals surface area contributed by atoms with Crippen LogP contribution < -0.4 is 0 Å². The fraction of sp³-hybridized carbons (Fsp3) is 0.588. The van der Waals surface area contributed by atoms with E-state index in [2.05, 4.69) is 18.7 Å². The Balaban J connectivity index is 2.22. The molecule has 1 aliphatic rings. The van der Waals surface area contributed by atoms with E-state index in [4.69, 9.17) is 11.6 Å². The van der Waals surface area contributed by atoms with Gasteiger partial charge in [0.1, 0.15) is 6.04 Å². The molecular weight excluding hydrogens is 286 g/mol. The van der Waals surface area contributed by atoms with Gasteiger partial charge in [0.2, 0.25) is 0 Å². The van der Waals surface area contributed by atoms with Crippen LogP contribution in [0.15, 0.2) is 24.3 Å². The van der Waals surface area contributed by atoms with Gasteiger partial charge in [-0.05, 0) is 36.5 Å². The Bertz CT molecular complexity index is 470. The van der Waals surface area contributed by atoms with Crippen molar-refractivity contribution in [1.29, 1.82) is 0 Å². The third kappa shape index (κ3) is 3.78. The zero-order valence-corrected chi connectivity index (χ0v) is 13.5. The van der Waals surface area contributed by atoms with Gasteiger partial charge in [-0.3, -0.25) is 9.69 Å². The number of carboxylic acids is 1. The van der Waals surface area contributed by atoms with Crippen LogP contribution in [0.2, 0.25) is 5.02 Å². The van der Waals surface area contributed by atoms with Gasteiger partial charge in [0.15, 0.2) is 0 Å². The van der Waals surface area contributed by atoms with Crippen LogP contribution in [0.25, 0.3) is 0 Å². The van der Waals surface area contributed by atoms with Gasteiger partial charge in [-0.15, -0.1) is 0 Å². The van der Waals surface area contributed by atoms with E-state index in [0.717, 1.165) is 37.3 Å². The summed E-state index contributed by atoms with van der Waals surface area (Å²) in [6.45, 7) is 5.21. The van der Waals surface area contributed by atoms with Gasteiger partial charge < -0.3 is 5.11 Å². The molecule has 0 aliphatic carbocycles. The first kappa shape index (κ1) is 16.3. The first-order chi connectivity index (χ1) is 10.1. The number of hydrogen-bond donors (Lipinski definition) is 1. The lowest BCUT2D eigenvalue weighted by atomic mass is 10.00. The molecule has 1 heterocycles. The number of carboxylic acid groups (broad SMARTS) is 1. The van der Waals surface area contributed by atoms with E-state index in [9.17, 15) is 9.90 Å². The Morgan fingerprint density at radius 2 is 1.90 bits per heavy atom. The summed E-state index contributed by atoms with van der Waals surface area (Å²) in [7, 11) is 0. The highest BCUT2D eigenvalue weighted by molar-refractivity contribution is 6.30. The third-order valence-corrected chi connectivity index (χ3v) is 4.93. The molecule has 1 aromatic carbocycles. The second-order valence-corrected chi connectivity index (χ2v) is 6.31. The summed E-state index contributed by atoms with van der Waals surface area (Å²) in [5, 5.41) is 10.2. The Morgan fingerprint density at radius 1 is 1.29 bits per heavy atom. The average molecular weight is 310 g/mol. The van der Waals surface area contributed by atoms with Gasteiger partial charge in [0, 0.05) is 17.6 Å². The van der Waals surface area contributed by atoms with E-state index in [0.29, 0.717) is 5.92 Å². The second-order valence-electron chi connectivity index (χ2n) is 5.88. The molecular formula is C17H24ClNO2. The molecule has 0 radical (unpaired) electrons. The van der Waals surface area contributed by atoms with Crippen LogP contribution in [0.5, 0.6) is 0 Å². The minimum atomic E-state index is -0.697. The highest BCUT2D eigenvalue weighted by Gasteiger charge is 2.39. The van der Waals surface area contributed by atoms with Crippen molar-refractivity contribution in [3.63, 3.8) is 0 Å². The molecule has 0 amide bonds. The molecule has 0 spiro atoms. The van der Waals surface area contributed by atoms with Crippen LogP contribution in [0.3, 0.4) is 0 Å². The zero-order valence-electron chi connectivity index (χ0n) is 12.8. The Morgan fingerprint density at radius 3 is 2.43 bits per heavy atom. The minimum absolute atomic E-state index is 0.198. The van der Waals surface area contributed by atoms with Gasteiger partial charge in [-0.2, -0.15) is 0 Å². The standard InChI is InChI=1S/C17H24ClNO2/c1-3-12(4-2)11-19-15(9-10-16(19)17(20)21)13-5-7-14(18)8-6-13/h5-8,12,15-16H,3-4,9-11H2,1-2H3,(H,20,21)/t15-,16-/m0/s1. The number of nitrogens with zero attached hydrogens (tertiary/aromatic N) is 1. The van der Waals surface area contributed by atoms with E-state index in [1.165, 1.54) is 5.56 Å². The molecule has 0 aromatic heterocycles. The average Bonchev–Trinajstić information content (AvgIpc) is 2.89. The van der Waals surface area contributed by atoms with Crippen molar-refractivity contribution in [2.24, 2.45) is 5.92 Å². The largest absolute Gasteiger partial charge is 0.480 e. The monoisotopic (exact) mass is 309 g/mol. The number of hydrogen-bond acceptors (Lipinski definition) is 2. The van der Waals surface area contributed by atoms with E-state index in [1.54, 1.807) is 0 Å². The van der Waals surface area contributed by atoms with Crippen molar-refractivity contribution in [2.75, 3.05) is 6.54 Å². The lowest BCUT2D eigenvalue weighted by Crippen LogP contribution is -2.40. The molecule has 0 unspecified atom stereocenters. The maximum absolute atomic E-state index is 11.5. The molecule has 1 N–H and O–H groups in total. The number of aliphatic carboxylic acids is 1. The molecule has 116 valence electrons. The fourth-order valence-electron chi connectivity index (χ4n) is 3.27. The van der Waals surface area contributed by atoms with Crippen LogP contribution in [0.4, 0.5) is 0 Å². The zero-order chi connectivity index (χ0) is 15.4. The van der Waals surface area contributed by atoms with Crippen molar-refractivity contribution in [2.45, 2.75) is 51.6 Å². The van der Waals surface area contributed by atoms with Crippen LogP contribution in [0.1, 0.15) is 51.1 Å². The summed E-state index contributed by atoms with van der Waals surface area (Å²) in [5.41, 5.74) is 1.18. The molecule has 3 nitrogen and oxygen atoms in total. The predicted octanol–water partition coefficient (Wildman–Crippen LogP) is 4.37. The first-order valence-electron chi connectivity index (χ1n) is 7.80. The summed E-state index contributed by atoms with van der Waals surface area (Å²) in [5.74, 6) is -0.142. The first-order valence-corrected chi connectivity index (χ1v) is 8.18. The lowest BCUT2D eigenvalue weighted by Gasteiger charge is -2.31. The molecule has 2 atom stereocenters. The highest BCUT2D eigenvalue weighted by atomic mass is 35.5. The normalized spacial score (nSPS) is 22.9. The van der Waals surface area contributed by atoms with Crippen molar-refractivity contribution >= 4 is 17.6 Å². The summed E-state index contributed by atoms with van der Waals surface area (Å²) < 4.78 is 0. The number of rotatable bonds is 6. The Hall–Kier alpha value is -1.06. The number of halogens is 1. The summed E-state index contributed by atoms with van der Waals surface area (Å²) in [6, 6.07) is 7.67. The Labute approximate surface area is 131 Å². The highest BCUT2D eigenvalue weighted by Crippen LogP contribution is 2.37. The van der Waals surface area contributed by atoms with Gasteiger partial charge >= 0.3 is 5.97 Å². The van der Waals surface area contributed by atoms with Crippen molar-refractivity contribution < 1.29 is 9.90 Å². The predicted molar refractivity (Wildman–Crippen MR) is 85.6 cm³/mol. The molecule has 1 aliphatic heterocycles. The molecule has 0 bridgehead atoms. The minimum Gasteiger partial charge on any atom is -0.480 e. The van der Waals surface area contributed by atoms with Crippen LogP contribution in [-0.4, -0.2) is 28.6 Å². The maximum atomic E-state index is 11.5. The van der Waals surface area contributed by atoms with E-state index in [1.807, 2.05) is 24.3 Å². The molecule has 1 saturated heterocycles. The molecule has 1 aromatic rings. The number of carbonyl (C=O) groups is 1. The third-order valence-electron chi connectivity index (χ3n) is 4.68. The molecule has 4 heteroatoms. The molecule has 0 saturated carbocycles. The smallest absolute Gasteiger partial charge is 0.320 e. The summed E-state index contributed by atoms with van der Waals surface area (Å²) in [4.78, 5) is 13.7. The van der Waals surface area contributed by atoms with Crippen LogP contribution in [0, 0.1) is 5.92 Å². The van der Waals surface area contributed by atoms with Crippen molar-refractivity contribution in [3.8, 4) is 0 Å². The van der Waals surface area contributed by atoms with E-state index >= 15 is 0 Å². The summed E-state index contributed by atoms with van der Waals surface area (Å²) >= 11 is 5.96. The van der Waals surface area contributed by atoms with Gasteiger partial charge in [-0.25, -0.2) is 0 Å². The van der Waals surface area contributed by atoms with Crippen LogP contribution >= 0.6 is 11.6 Å². The van der Waals surface area contributed by atoms with Crippen molar-refractivity contribution in [1.82, 2.24) is 4.90 Å². The summed E-state index contributed by atoms with van der Waals surface area (Å²) in [6.07, 6.45) is 3.81. The van der Waals surface area contributed by atoms with Crippen LogP contribution in [-0.2, 0) is 4.79 Å². The molecule has 21 heavy (non-hydrogen) atoms. The second kappa shape index (κ2) is 7.28. The number of likely N-dealkylation sites (tertiary alicyclic amines) is 1. The molecule has 1 fully saturated rings. The van der Waals surface area contributed by atoms with E-state index in [-0.39, 0.29) is 12.1 Å². The Kier molecular flexibility index (Phi) is 5.65. The molecule has 2 rings (SSSR count).